The van der Waals surface area contributed by atoms with Gasteiger partial charge in [0.15, 0.2) is 12.4 Å². The van der Waals surface area contributed by atoms with Crippen molar-refractivity contribution in [2.24, 2.45) is 0 Å². The molecule has 156 valence electrons. The quantitative estimate of drug-likeness (QED) is 0.394. The number of fused-ring (bicyclic) bond motifs is 1. The van der Waals surface area contributed by atoms with Crippen molar-refractivity contribution in [3.63, 3.8) is 0 Å². The van der Waals surface area contributed by atoms with Gasteiger partial charge in [-0.1, -0.05) is 36.4 Å². The van der Waals surface area contributed by atoms with E-state index in [1.165, 1.54) is 18.2 Å². The monoisotopic (exact) mass is 489 g/mol. The first-order valence-corrected chi connectivity index (χ1v) is 11.5. The highest BCUT2D eigenvalue weighted by molar-refractivity contribution is 9.10. The molecule has 0 atom stereocenters. The summed E-state index contributed by atoms with van der Waals surface area (Å²) < 4.78 is 32.7. The van der Waals surface area contributed by atoms with Gasteiger partial charge in [-0.3, -0.25) is 4.79 Å². The Morgan fingerprint density at radius 2 is 1.70 bits per heavy atom. The molecule has 0 aliphatic carbocycles. The molecule has 0 saturated heterocycles. The Balaban J connectivity index is 1.75. The summed E-state index contributed by atoms with van der Waals surface area (Å²) in [5.41, 5.74) is 0.450. The number of nitrogens with one attached hydrogen (secondary N) is 1. The van der Waals surface area contributed by atoms with E-state index in [0.717, 1.165) is 10.8 Å². The number of ether oxygens (including phenoxy) is 1. The second kappa shape index (κ2) is 9.07. The molecule has 6 nitrogen and oxygen atoms in total. The third kappa shape index (κ3) is 5.13. The lowest BCUT2D eigenvalue weighted by Crippen LogP contribution is -2.30. The lowest BCUT2D eigenvalue weighted by molar-refractivity contribution is 0.0473. The summed E-state index contributed by atoms with van der Waals surface area (Å²) in [4.78, 5) is 24.9. The fourth-order valence-corrected chi connectivity index (χ4v) is 4.55. The molecule has 3 aromatic carbocycles. The van der Waals surface area contributed by atoms with Gasteiger partial charge in [0.05, 0.1) is 10.5 Å². The zero-order valence-electron chi connectivity index (χ0n) is 16.4. The Hall–Kier alpha value is -2.55. The van der Waals surface area contributed by atoms with Crippen LogP contribution in [-0.4, -0.2) is 32.8 Å². The van der Waals surface area contributed by atoms with Crippen molar-refractivity contribution in [2.75, 3.05) is 6.61 Å². The molecule has 3 rings (SSSR count). The fourth-order valence-electron chi connectivity index (χ4n) is 2.86. The lowest BCUT2D eigenvalue weighted by Gasteiger charge is -2.12. The molecule has 30 heavy (non-hydrogen) atoms. The van der Waals surface area contributed by atoms with Gasteiger partial charge in [-0.05, 0) is 64.8 Å². The lowest BCUT2D eigenvalue weighted by atomic mass is 10.0. The maximum absolute atomic E-state index is 12.5. The number of benzene rings is 3. The normalized spacial score (nSPS) is 11.6. The van der Waals surface area contributed by atoms with E-state index in [0.29, 0.717) is 10.0 Å². The second-order valence-corrected chi connectivity index (χ2v) is 9.55. The fraction of sp³-hybridized carbons (Fsp3) is 0.182. The van der Waals surface area contributed by atoms with Crippen LogP contribution in [0.25, 0.3) is 10.8 Å². The Labute approximate surface area is 183 Å². The van der Waals surface area contributed by atoms with E-state index >= 15 is 0 Å². The van der Waals surface area contributed by atoms with Crippen molar-refractivity contribution in [3.8, 4) is 0 Å². The van der Waals surface area contributed by atoms with Crippen molar-refractivity contribution in [2.45, 2.75) is 24.8 Å². The van der Waals surface area contributed by atoms with Crippen molar-refractivity contribution in [3.05, 3.63) is 76.3 Å². The highest BCUT2D eigenvalue weighted by Gasteiger charge is 2.21. The van der Waals surface area contributed by atoms with Crippen LogP contribution in [0.5, 0.6) is 0 Å². The van der Waals surface area contributed by atoms with Crippen LogP contribution in [0, 0.1) is 0 Å². The molecule has 0 aliphatic rings. The number of halogens is 1. The molecule has 0 radical (unpaired) electrons. The van der Waals surface area contributed by atoms with Gasteiger partial charge in [-0.2, -0.15) is 0 Å². The minimum Gasteiger partial charge on any atom is -0.454 e. The van der Waals surface area contributed by atoms with Crippen LogP contribution in [0.1, 0.15) is 34.6 Å². The number of carbonyl (C=O) groups excluding carboxylic acids is 2. The van der Waals surface area contributed by atoms with E-state index in [9.17, 15) is 18.0 Å². The first-order valence-electron chi connectivity index (χ1n) is 9.18. The topological polar surface area (TPSA) is 89.5 Å². The van der Waals surface area contributed by atoms with Gasteiger partial charge in [0.2, 0.25) is 10.0 Å². The van der Waals surface area contributed by atoms with Crippen LogP contribution in [0.15, 0.2) is 70.0 Å². The number of hydrogen-bond donors (Lipinski definition) is 1. The van der Waals surface area contributed by atoms with Crippen LogP contribution in [-0.2, 0) is 14.8 Å². The van der Waals surface area contributed by atoms with Crippen molar-refractivity contribution >= 4 is 48.5 Å². The SMILES string of the molecule is CC(C)NS(=O)(=O)c1ccc(Br)c(C(=O)OCC(=O)c2ccc3ccccc3c2)c1. The highest BCUT2D eigenvalue weighted by atomic mass is 79.9. The number of hydrogen-bond acceptors (Lipinski definition) is 5. The molecule has 0 fully saturated rings. The van der Waals surface area contributed by atoms with Crippen LogP contribution in [0.2, 0.25) is 0 Å². The van der Waals surface area contributed by atoms with E-state index in [1.807, 2.05) is 30.3 Å². The molecule has 8 heteroatoms. The van der Waals surface area contributed by atoms with E-state index in [4.69, 9.17) is 4.74 Å². The molecule has 0 heterocycles. The van der Waals surface area contributed by atoms with Crippen LogP contribution < -0.4 is 4.72 Å². The van der Waals surface area contributed by atoms with E-state index in [1.54, 1.807) is 26.0 Å². The minimum atomic E-state index is -3.77. The summed E-state index contributed by atoms with van der Waals surface area (Å²) in [6, 6.07) is 16.6. The van der Waals surface area contributed by atoms with Crippen LogP contribution in [0.4, 0.5) is 0 Å². The third-order valence-corrected chi connectivity index (χ3v) is 6.61. The summed E-state index contributed by atoms with van der Waals surface area (Å²) >= 11 is 3.23. The zero-order valence-corrected chi connectivity index (χ0v) is 18.8. The van der Waals surface area contributed by atoms with E-state index < -0.39 is 22.6 Å². The molecule has 3 aromatic rings. The minimum absolute atomic E-state index is 0.0212. The van der Waals surface area contributed by atoms with Gasteiger partial charge in [0, 0.05) is 16.1 Å². The standard InChI is InChI=1S/C22H20BrNO5S/c1-14(2)24-30(27,28)18-9-10-20(23)19(12-18)22(26)29-13-21(25)17-8-7-15-5-3-4-6-16(15)11-17/h3-12,14,24H,13H2,1-2H3. The third-order valence-electron chi connectivity index (χ3n) is 4.26. The molecule has 0 aliphatic heterocycles. The summed E-state index contributed by atoms with van der Waals surface area (Å²) in [5, 5.41) is 1.91. The summed E-state index contributed by atoms with van der Waals surface area (Å²) in [6.07, 6.45) is 0. The summed E-state index contributed by atoms with van der Waals surface area (Å²) in [7, 11) is -3.77. The molecule has 0 spiro atoms. The predicted molar refractivity (Wildman–Crippen MR) is 118 cm³/mol. The highest BCUT2D eigenvalue weighted by Crippen LogP contribution is 2.22. The Morgan fingerprint density at radius 1 is 1.00 bits per heavy atom. The number of esters is 1. The molecule has 0 amide bonds. The maximum Gasteiger partial charge on any atom is 0.339 e. The molecule has 0 bridgehead atoms. The van der Waals surface area contributed by atoms with Gasteiger partial charge >= 0.3 is 5.97 Å². The smallest absolute Gasteiger partial charge is 0.339 e. The number of ketones is 1. The molecule has 0 aromatic heterocycles. The van der Waals surface area contributed by atoms with Gasteiger partial charge < -0.3 is 4.74 Å². The van der Waals surface area contributed by atoms with E-state index in [-0.39, 0.29) is 22.3 Å². The number of carbonyl (C=O) groups is 2. The van der Waals surface area contributed by atoms with Gasteiger partial charge in [-0.15, -0.1) is 0 Å². The molecular weight excluding hydrogens is 470 g/mol. The first-order chi connectivity index (χ1) is 14.2. The molecule has 1 N–H and O–H groups in total. The Bertz CT molecular complexity index is 1220. The van der Waals surface area contributed by atoms with Gasteiger partial charge in [0.1, 0.15) is 0 Å². The first kappa shape index (κ1) is 22.1. The van der Waals surface area contributed by atoms with Crippen LogP contribution >= 0.6 is 15.9 Å². The zero-order chi connectivity index (χ0) is 21.9. The van der Waals surface area contributed by atoms with Crippen molar-refractivity contribution in [1.82, 2.24) is 4.72 Å². The second-order valence-electron chi connectivity index (χ2n) is 6.98. The number of rotatable bonds is 7. The Morgan fingerprint density at radius 3 is 2.40 bits per heavy atom. The maximum atomic E-state index is 12.5. The number of sulfonamides is 1. The average molecular weight is 490 g/mol. The van der Waals surface area contributed by atoms with E-state index in [2.05, 4.69) is 20.7 Å². The average Bonchev–Trinajstić information content (AvgIpc) is 2.70. The van der Waals surface area contributed by atoms with Gasteiger partial charge in [0.25, 0.3) is 0 Å². The molecular formula is C22H20BrNO5S. The predicted octanol–water partition coefficient (Wildman–Crippen LogP) is 4.33. The van der Waals surface area contributed by atoms with Crippen molar-refractivity contribution in [1.29, 1.82) is 0 Å². The largest absolute Gasteiger partial charge is 0.454 e. The Kier molecular flexibility index (Phi) is 6.70. The summed E-state index contributed by atoms with van der Waals surface area (Å²) in [5.74, 6) is -1.15. The molecule has 0 saturated carbocycles. The number of Topliss-reactive ketones (excluding diaryl/α,β-unsaturated/α-hetero) is 1. The summed E-state index contributed by atoms with van der Waals surface area (Å²) in [6.45, 7) is 2.94. The van der Waals surface area contributed by atoms with Crippen molar-refractivity contribution < 1.29 is 22.7 Å². The van der Waals surface area contributed by atoms with Gasteiger partial charge in [-0.25, -0.2) is 17.9 Å². The molecule has 0 unspecified atom stereocenters. The van der Waals surface area contributed by atoms with Crippen LogP contribution in [0.3, 0.4) is 0 Å².